The zero-order chi connectivity index (χ0) is 23.5. The van der Waals surface area contributed by atoms with Gasteiger partial charge in [0.25, 0.3) is 5.91 Å². The third-order valence-electron chi connectivity index (χ3n) is 5.62. The fourth-order valence-electron chi connectivity index (χ4n) is 3.56. The minimum Gasteiger partial charge on any atom is -0.497 e. The summed E-state index contributed by atoms with van der Waals surface area (Å²) in [5.41, 5.74) is 0.900. The molecule has 3 rings (SSSR count). The number of benzene rings is 2. The standard InChI is InChI=1S/C25H33N3O5/c1-20(25(30)26-12-13-27-14-16-32-17-15-27)28(18-21-8-10-22(31-2)11-9-21)24(29)19-33-23-6-4-3-5-7-23/h3-11,20H,12-19H2,1-2H3,(H,26,30)/t20-/m0/s1. The van der Waals surface area contributed by atoms with Gasteiger partial charge in [0.05, 0.1) is 20.3 Å². The molecule has 1 aliphatic rings. The van der Waals surface area contributed by atoms with Crippen molar-refractivity contribution in [2.75, 3.05) is 53.1 Å². The number of ether oxygens (including phenoxy) is 3. The van der Waals surface area contributed by atoms with Gasteiger partial charge in [0.2, 0.25) is 5.91 Å². The van der Waals surface area contributed by atoms with Gasteiger partial charge in [-0.15, -0.1) is 0 Å². The summed E-state index contributed by atoms with van der Waals surface area (Å²) in [5.74, 6) is 0.895. The molecule has 8 heteroatoms. The lowest BCUT2D eigenvalue weighted by molar-refractivity contribution is -0.142. The van der Waals surface area contributed by atoms with Gasteiger partial charge in [-0.05, 0) is 36.8 Å². The molecule has 1 aliphatic heterocycles. The lowest BCUT2D eigenvalue weighted by atomic mass is 10.1. The Labute approximate surface area is 195 Å². The van der Waals surface area contributed by atoms with Crippen molar-refractivity contribution in [3.63, 3.8) is 0 Å². The maximum Gasteiger partial charge on any atom is 0.261 e. The molecule has 0 unspecified atom stereocenters. The highest BCUT2D eigenvalue weighted by Crippen LogP contribution is 2.16. The number of morpholine rings is 1. The highest BCUT2D eigenvalue weighted by atomic mass is 16.5. The Hall–Kier alpha value is -3.10. The molecule has 0 radical (unpaired) electrons. The first-order valence-electron chi connectivity index (χ1n) is 11.2. The highest BCUT2D eigenvalue weighted by Gasteiger charge is 2.26. The van der Waals surface area contributed by atoms with Crippen LogP contribution in [0.4, 0.5) is 0 Å². The molecule has 2 aromatic carbocycles. The SMILES string of the molecule is COc1ccc(CN(C(=O)COc2ccccc2)[C@@H](C)C(=O)NCCN2CCOCC2)cc1. The van der Waals surface area contributed by atoms with Crippen molar-refractivity contribution in [1.29, 1.82) is 0 Å². The molecule has 2 aromatic rings. The van der Waals surface area contributed by atoms with Gasteiger partial charge >= 0.3 is 0 Å². The normalized spacial score (nSPS) is 14.8. The van der Waals surface area contributed by atoms with Gasteiger partial charge in [0.15, 0.2) is 6.61 Å². The molecular formula is C25H33N3O5. The summed E-state index contributed by atoms with van der Waals surface area (Å²) in [6.07, 6.45) is 0. The maximum absolute atomic E-state index is 13.1. The summed E-state index contributed by atoms with van der Waals surface area (Å²) in [5, 5.41) is 2.97. The number of nitrogens with zero attached hydrogens (tertiary/aromatic N) is 2. The molecule has 178 valence electrons. The molecule has 2 amide bonds. The third-order valence-corrected chi connectivity index (χ3v) is 5.62. The predicted octanol–water partition coefficient (Wildman–Crippen LogP) is 1.94. The van der Waals surface area contributed by atoms with Crippen LogP contribution in [0.5, 0.6) is 11.5 Å². The Kier molecular flexibility index (Phi) is 9.53. The Balaban J connectivity index is 1.61. The van der Waals surface area contributed by atoms with Crippen LogP contribution in [0.1, 0.15) is 12.5 Å². The van der Waals surface area contributed by atoms with E-state index in [2.05, 4.69) is 10.2 Å². The van der Waals surface area contributed by atoms with Crippen LogP contribution < -0.4 is 14.8 Å². The topological polar surface area (TPSA) is 80.3 Å². The first-order valence-corrected chi connectivity index (χ1v) is 11.2. The second-order valence-electron chi connectivity index (χ2n) is 7.89. The van der Waals surface area contributed by atoms with Crippen molar-refractivity contribution in [3.05, 3.63) is 60.2 Å². The lowest BCUT2D eigenvalue weighted by Gasteiger charge is -2.30. The van der Waals surface area contributed by atoms with E-state index in [0.29, 0.717) is 18.8 Å². The van der Waals surface area contributed by atoms with Crippen LogP contribution in [-0.2, 0) is 20.9 Å². The average Bonchev–Trinajstić information content (AvgIpc) is 2.87. The summed E-state index contributed by atoms with van der Waals surface area (Å²) in [6, 6.07) is 16.0. The van der Waals surface area contributed by atoms with Gasteiger partial charge in [-0.3, -0.25) is 14.5 Å². The molecule has 0 aliphatic carbocycles. The number of rotatable bonds is 11. The van der Waals surface area contributed by atoms with Crippen LogP contribution in [0.3, 0.4) is 0 Å². The minimum atomic E-state index is -0.649. The monoisotopic (exact) mass is 455 g/mol. The van der Waals surface area contributed by atoms with Crippen molar-refractivity contribution in [2.45, 2.75) is 19.5 Å². The first kappa shape index (κ1) is 24.5. The van der Waals surface area contributed by atoms with Crippen LogP contribution >= 0.6 is 0 Å². The van der Waals surface area contributed by atoms with Crippen LogP contribution in [0.25, 0.3) is 0 Å². The van der Waals surface area contributed by atoms with Gasteiger partial charge in [0.1, 0.15) is 17.5 Å². The molecule has 1 atom stereocenters. The summed E-state index contributed by atoms with van der Waals surface area (Å²) in [7, 11) is 1.61. The average molecular weight is 456 g/mol. The molecule has 33 heavy (non-hydrogen) atoms. The second-order valence-corrected chi connectivity index (χ2v) is 7.89. The summed E-state index contributed by atoms with van der Waals surface area (Å²) in [6.45, 7) is 6.33. The molecule has 1 fully saturated rings. The third kappa shape index (κ3) is 7.76. The van der Waals surface area contributed by atoms with E-state index in [1.807, 2.05) is 42.5 Å². The number of carbonyl (C=O) groups is 2. The van der Waals surface area contributed by atoms with E-state index in [4.69, 9.17) is 14.2 Å². The van der Waals surface area contributed by atoms with Crippen molar-refractivity contribution in [3.8, 4) is 11.5 Å². The predicted molar refractivity (Wildman–Crippen MR) is 125 cm³/mol. The quantitative estimate of drug-likeness (QED) is 0.558. The number of carbonyl (C=O) groups excluding carboxylic acids is 2. The molecule has 8 nitrogen and oxygen atoms in total. The number of methoxy groups -OCH3 is 1. The van der Waals surface area contributed by atoms with E-state index in [1.54, 1.807) is 31.1 Å². The summed E-state index contributed by atoms with van der Waals surface area (Å²) >= 11 is 0. The molecule has 0 aromatic heterocycles. The lowest BCUT2D eigenvalue weighted by Crippen LogP contribution is -2.50. The summed E-state index contributed by atoms with van der Waals surface area (Å²) < 4.78 is 16.2. The van der Waals surface area contributed by atoms with Crippen molar-refractivity contribution in [1.82, 2.24) is 15.1 Å². The van der Waals surface area contributed by atoms with E-state index in [0.717, 1.165) is 44.2 Å². The fraction of sp³-hybridized carbons (Fsp3) is 0.440. The van der Waals surface area contributed by atoms with E-state index in [-0.39, 0.29) is 18.4 Å². The van der Waals surface area contributed by atoms with E-state index in [1.165, 1.54) is 0 Å². The van der Waals surface area contributed by atoms with Crippen LogP contribution in [0, 0.1) is 0 Å². The van der Waals surface area contributed by atoms with Crippen molar-refractivity contribution < 1.29 is 23.8 Å². The molecular weight excluding hydrogens is 422 g/mol. The largest absolute Gasteiger partial charge is 0.497 e. The minimum absolute atomic E-state index is 0.147. The number of amides is 2. The van der Waals surface area contributed by atoms with Crippen LogP contribution in [-0.4, -0.2) is 80.8 Å². The maximum atomic E-state index is 13.1. The van der Waals surface area contributed by atoms with E-state index in [9.17, 15) is 9.59 Å². The molecule has 0 spiro atoms. The van der Waals surface area contributed by atoms with E-state index < -0.39 is 6.04 Å². The smallest absolute Gasteiger partial charge is 0.261 e. The second kappa shape index (κ2) is 12.8. The molecule has 1 saturated heterocycles. The van der Waals surface area contributed by atoms with Crippen molar-refractivity contribution >= 4 is 11.8 Å². The zero-order valence-corrected chi connectivity index (χ0v) is 19.4. The fourth-order valence-corrected chi connectivity index (χ4v) is 3.56. The zero-order valence-electron chi connectivity index (χ0n) is 19.4. The van der Waals surface area contributed by atoms with Gasteiger partial charge in [-0.1, -0.05) is 30.3 Å². The Bertz CT molecular complexity index is 869. The number of para-hydroxylation sites is 1. The number of nitrogens with one attached hydrogen (secondary N) is 1. The molecule has 1 heterocycles. The van der Waals surface area contributed by atoms with Crippen molar-refractivity contribution in [2.24, 2.45) is 0 Å². The molecule has 1 N–H and O–H groups in total. The summed E-state index contributed by atoms with van der Waals surface area (Å²) in [4.78, 5) is 29.8. The number of hydrogen-bond acceptors (Lipinski definition) is 6. The Morgan fingerprint density at radius 3 is 2.42 bits per heavy atom. The molecule has 0 bridgehead atoms. The first-order chi connectivity index (χ1) is 16.1. The van der Waals surface area contributed by atoms with Gasteiger partial charge < -0.3 is 24.4 Å². The van der Waals surface area contributed by atoms with Gasteiger partial charge in [-0.2, -0.15) is 0 Å². The van der Waals surface area contributed by atoms with E-state index >= 15 is 0 Å². The van der Waals surface area contributed by atoms with Gasteiger partial charge in [-0.25, -0.2) is 0 Å². The Morgan fingerprint density at radius 1 is 1.06 bits per heavy atom. The Morgan fingerprint density at radius 2 is 1.76 bits per heavy atom. The van der Waals surface area contributed by atoms with Crippen LogP contribution in [0.15, 0.2) is 54.6 Å². The van der Waals surface area contributed by atoms with Crippen LogP contribution in [0.2, 0.25) is 0 Å². The highest BCUT2D eigenvalue weighted by molar-refractivity contribution is 5.87. The van der Waals surface area contributed by atoms with Gasteiger partial charge in [0, 0.05) is 32.7 Å². The molecule has 0 saturated carbocycles. The number of hydrogen-bond donors (Lipinski definition) is 1.